The number of sulfonamides is 1. The summed E-state index contributed by atoms with van der Waals surface area (Å²) in [6, 6.07) is 5.57. The van der Waals surface area contributed by atoms with E-state index in [2.05, 4.69) is 37.3 Å². The van der Waals surface area contributed by atoms with Gasteiger partial charge in [-0.2, -0.15) is 4.80 Å². The number of alkyl carbamates (subject to hydrolysis) is 1. The SMILES string of the molecule is C=CC[C@@H]1C[C@@]1(NC(=O)[C@@H]1C[C@@H](n2nnc(-c3ccc(OC)cc3)n2)CC1C(=O)C(NC(=O)OC1CC=CC1)C(C)(C)C)C(=O)NS(=O)(=O)C1CC1. The molecule has 3 fully saturated rings. The fourth-order valence-corrected chi connectivity index (χ4v) is 8.62. The number of aromatic nitrogens is 4. The minimum absolute atomic E-state index is 0.125. The van der Waals surface area contributed by atoms with Crippen molar-refractivity contribution in [2.45, 2.75) is 101 Å². The Morgan fingerprint density at radius 1 is 1.08 bits per heavy atom. The van der Waals surface area contributed by atoms with Gasteiger partial charge in [0.05, 0.1) is 24.4 Å². The molecule has 0 aliphatic heterocycles. The van der Waals surface area contributed by atoms with Crippen LogP contribution in [0.25, 0.3) is 11.4 Å². The van der Waals surface area contributed by atoms with Gasteiger partial charge < -0.3 is 20.1 Å². The fraction of sp³-hybridized carbons (Fsp3) is 0.583. The zero-order valence-electron chi connectivity index (χ0n) is 29.9. The van der Waals surface area contributed by atoms with Gasteiger partial charge in [-0.1, -0.05) is 39.0 Å². The lowest BCUT2D eigenvalue weighted by molar-refractivity contribution is -0.137. The van der Waals surface area contributed by atoms with Gasteiger partial charge in [-0.3, -0.25) is 19.1 Å². The Morgan fingerprint density at radius 3 is 2.37 bits per heavy atom. The van der Waals surface area contributed by atoms with Crippen LogP contribution in [-0.2, 0) is 29.1 Å². The predicted octanol–water partition coefficient (Wildman–Crippen LogP) is 3.40. The second-order valence-electron chi connectivity index (χ2n) is 15.4. The van der Waals surface area contributed by atoms with E-state index < -0.39 is 68.1 Å². The monoisotopic (exact) mass is 737 g/mol. The number of hydrogen-bond donors (Lipinski definition) is 3. The molecule has 6 atom stereocenters. The summed E-state index contributed by atoms with van der Waals surface area (Å²) in [7, 11) is -2.32. The van der Waals surface area contributed by atoms with Gasteiger partial charge in [0, 0.05) is 30.2 Å². The number of carbonyl (C=O) groups is 4. The highest BCUT2D eigenvalue weighted by Gasteiger charge is 2.62. The Labute approximate surface area is 303 Å². The van der Waals surface area contributed by atoms with Crippen LogP contribution in [0.5, 0.6) is 5.75 Å². The first-order chi connectivity index (χ1) is 24.6. The molecule has 1 aromatic carbocycles. The summed E-state index contributed by atoms with van der Waals surface area (Å²) in [5.41, 5.74) is -1.55. The van der Waals surface area contributed by atoms with Gasteiger partial charge in [0.15, 0.2) is 5.78 Å². The van der Waals surface area contributed by atoms with E-state index in [1.165, 1.54) is 4.80 Å². The summed E-state index contributed by atoms with van der Waals surface area (Å²) in [4.78, 5) is 57.0. The molecule has 2 aromatic rings. The molecule has 2 unspecified atom stereocenters. The number of hydrogen-bond acceptors (Lipinski definition) is 11. The van der Waals surface area contributed by atoms with E-state index in [4.69, 9.17) is 9.47 Å². The average Bonchev–Trinajstić information content (AvgIpc) is 3.84. The Hall–Kier alpha value is -4.60. The normalized spacial score (nSPS) is 26.3. The Kier molecular flexibility index (Phi) is 10.3. The van der Waals surface area contributed by atoms with E-state index in [1.54, 1.807) is 37.5 Å². The van der Waals surface area contributed by atoms with Gasteiger partial charge in [-0.25, -0.2) is 13.2 Å². The molecule has 0 radical (unpaired) electrons. The molecule has 16 heteroatoms. The van der Waals surface area contributed by atoms with Crippen molar-refractivity contribution < 1.29 is 37.1 Å². The standard InChI is InChI=1S/C36H47N7O8S/c1-6-9-22-20-36(22,33(46)41-52(48,49)26-16-17-26)38-32(45)28-19-23(43-40-31(39-42-43)21-12-14-24(50-5)15-13-21)18-27(28)29(44)30(35(2,3)4)37-34(47)51-25-10-7-8-11-25/h6-8,12-15,22-23,25-28,30H,1,9-11,16-20H2,2-5H3,(H,37,47)(H,38,45)(H,41,46)/t22-,23+,27?,28-,30?,36+/m1/s1. The Bertz CT molecular complexity index is 1840. The van der Waals surface area contributed by atoms with Crippen LogP contribution >= 0.6 is 0 Å². The van der Waals surface area contributed by atoms with Gasteiger partial charge >= 0.3 is 6.09 Å². The van der Waals surface area contributed by atoms with Crippen LogP contribution in [0.1, 0.15) is 78.2 Å². The lowest BCUT2D eigenvalue weighted by Gasteiger charge is -2.33. The average molecular weight is 738 g/mol. The number of amides is 3. The molecule has 3 amide bonds. The predicted molar refractivity (Wildman–Crippen MR) is 189 cm³/mol. The molecule has 0 spiro atoms. The van der Waals surface area contributed by atoms with Crippen LogP contribution in [0, 0.1) is 23.2 Å². The van der Waals surface area contributed by atoms with E-state index in [9.17, 15) is 27.6 Å². The maximum absolute atomic E-state index is 14.6. The Balaban J connectivity index is 1.27. The Morgan fingerprint density at radius 2 is 1.75 bits per heavy atom. The van der Waals surface area contributed by atoms with Crippen LogP contribution in [0.4, 0.5) is 4.79 Å². The summed E-state index contributed by atoms with van der Waals surface area (Å²) in [6.45, 7) is 9.21. The third-order valence-electron chi connectivity index (χ3n) is 10.5. The van der Waals surface area contributed by atoms with Crippen molar-refractivity contribution in [1.82, 2.24) is 35.6 Å². The number of Topliss-reactive ketones (excluding diaryl/α,β-unsaturated/α-hetero) is 1. The molecule has 3 N–H and O–H groups in total. The summed E-state index contributed by atoms with van der Waals surface area (Å²) < 4.78 is 38.5. The van der Waals surface area contributed by atoms with E-state index in [-0.39, 0.29) is 37.1 Å². The summed E-state index contributed by atoms with van der Waals surface area (Å²) in [5, 5.41) is 18.1. The van der Waals surface area contributed by atoms with Crippen molar-refractivity contribution in [3.63, 3.8) is 0 Å². The van der Waals surface area contributed by atoms with Gasteiger partial charge in [0.2, 0.25) is 21.8 Å². The minimum Gasteiger partial charge on any atom is -0.497 e. The minimum atomic E-state index is -3.88. The number of rotatable bonds is 14. The highest BCUT2D eigenvalue weighted by atomic mass is 32.2. The molecule has 1 heterocycles. The summed E-state index contributed by atoms with van der Waals surface area (Å²) in [6.07, 6.45) is 7.40. The number of benzene rings is 1. The first-order valence-corrected chi connectivity index (χ1v) is 19.3. The number of ether oxygens (including phenoxy) is 2. The van der Waals surface area contributed by atoms with Crippen molar-refractivity contribution in [1.29, 1.82) is 0 Å². The number of nitrogens with one attached hydrogen (secondary N) is 3. The molecule has 280 valence electrons. The van der Waals surface area contributed by atoms with Crippen molar-refractivity contribution >= 4 is 33.7 Å². The van der Waals surface area contributed by atoms with Crippen LogP contribution in [0.15, 0.2) is 49.1 Å². The highest BCUT2D eigenvalue weighted by molar-refractivity contribution is 7.91. The first-order valence-electron chi connectivity index (χ1n) is 17.7. The maximum Gasteiger partial charge on any atom is 0.408 e. The molecule has 15 nitrogen and oxygen atoms in total. The topological polar surface area (TPSA) is 201 Å². The second-order valence-corrected chi connectivity index (χ2v) is 17.3. The molecule has 6 rings (SSSR count). The van der Waals surface area contributed by atoms with Crippen LogP contribution in [0.2, 0.25) is 0 Å². The largest absolute Gasteiger partial charge is 0.497 e. The number of allylic oxidation sites excluding steroid dienone is 1. The van der Waals surface area contributed by atoms with Gasteiger partial charge in [-0.15, -0.1) is 16.8 Å². The smallest absolute Gasteiger partial charge is 0.408 e. The van der Waals surface area contributed by atoms with Crippen molar-refractivity contribution in [3.05, 3.63) is 49.1 Å². The number of ketones is 1. The highest BCUT2D eigenvalue weighted by Crippen LogP contribution is 2.49. The van der Waals surface area contributed by atoms with Crippen molar-refractivity contribution in [2.24, 2.45) is 23.2 Å². The third-order valence-corrected chi connectivity index (χ3v) is 12.3. The first kappa shape index (κ1) is 37.2. The van der Waals surface area contributed by atoms with Gasteiger partial charge in [0.1, 0.15) is 17.4 Å². The van der Waals surface area contributed by atoms with Gasteiger partial charge in [0.25, 0.3) is 5.91 Å². The van der Waals surface area contributed by atoms with E-state index in [0.29, 0.717) is 49.2 Å². The van der Waals surface area contributed by atoms with E-state index in [1.807, 2.05) is 32.9 Å². The lowest BCUT2D eigenvalue weighted by Crippen LogP contribution is -2.56. The molecule has 1 aromatic heterocycles. The van der Waals surface area contributed by atoms with E-state index >= 15 is 0 Å². The number of carbonyl (C=O) groups excluding carboxylic acids is 4. The second kappa shape index (κ2) is 14.4. The molecule has 4 aliphatic carbocycles. The van der Waals surface area contributed by atoms with Crippen LogP contribution in [-0.4, -0.2) is 82.4 Å². The van der Waals surface area contributed by atoms with Crippen LogP contribution in [0.3, 0.4) is 0 Å². The number of nitrogens with zero attached hydrogens (tertiary/aromatic N) is 4. The quantitative estimate of drug-likeness (QED) is 0.240. The summed E-state index contributed by atoms with van der Waals surface area (Å²) in [5.74, 6) is -3.01. The zero-order chi connectivity index (χ0) is 37.4. The maximum atomic E-state index is 14.6. The molecule has 52 heavy (non-hydrogen) atoms. The third kappa shape index (κ3) is 7.91. The number of tetrazole rings is 1. The molecule has 0 saturated heterocycles. The molecule has 0 bridgehead atoms. The number of methoxy groups -OCH3 is 1. The van der Waals surface area contributed by atoms with Crippen LogP contribution < -0.4 is 20.1 Å². The fourth-order valence-electron chi connectivity index (χ4n) is 7.26. The van der Waals surface area contributed by atoms with Gasteiger partial charge in [-0.05, 0) is 79.3 Å². The summed E-state index contributed by atoms with van der Waals surface area (Å²) >= 11 is 0. The molecular formula is C36H47N7O8S. The molecular weight excluding hydrogens is 691 g/mol. The van der Waals surface area contributed by atoms with Crippen molar-refractivity contribution in [3.8, 4) is 17.1 Å². The lowest BCUT2D eigenvalue weighted by atomic mass is 9.77. The van der Waals surface area contributed by atoms with E-state index in [0.717, 1.165) is 0 Å². The molecule has 4 aliphatic rings. The van der Waals surface area contributed by atoms with Crippen molar-refractivity contribution in [2.75, 3.05) is 7.11 Å². The zero-order valence-corrected chi connectivity index (χ0v) is 30.7. The molecule has 3 saturated carbocycles.